The lowest BCUT2D eigenvalue weighted by Gasteiger charge is -2.14. The first-order valence-corrected chi connectivity index (χ1v) is 7.58. The van der Waals surface area contributed by atoms with Gasteiger partial charge in [0.2, 0.25) is 0 Å². The number of hydrogen-bond acceptors (Lipinski definition) is 4. The first-order chi connectivity index (χ1) is 12.0. The van der Waals surface area contributed by atoms with Gasteiger partial charge in [0.25, 0.3) is 0 Å². The summed E-state index contributed by atoms with van der Waals surface area (Å²) in [4.78, 5) is 36.0. The summed E-state index contributed by atoms with van der Waals surface area (Å²) in [5.41, 5.74) is 0.0716. The third-order valence-electron chi connectivity index (χ3n) is 3.90. The molecule has 2 aromatic carbocycles. The van der Waals surface area contributed by atoms with E-state index in [1.54, 1.807) is 49.6 Å². The van der Waals surface area contributed by atoms with Gasteiger partial charge in [0, 0.05) is 0 Å². The maximum atomic E-state index is 12.5. The number of carbonyl (C=O) groups is 1. The van der Waals surface area contributed by atoms with Crippen LogP contribution in [0.5, 0.6) is 5.75 Å². The van der Waals surface area contributed by atoms with Crippen LogP contribution in [0.4, 0.5) is 0 Å². The molecule has 0 aliphatic rings. The Bertz CT molecular complexity index is 1060. The van der Waals surface area contributed by atoms with Crippen LogP contribution in [0.2, 0.25) is 0 Å². The molecule has 1 N–H and O–H groups in total. The minimum Gasteiger partial charge on any atom is -0.497 e. The summed E-state index contributed by atoms with van der Waals surface area (Å²) in [6, 6.07) is 13.9. The molecule has 0 saturated heterocycles. The number of nitrogens with zero attached hydrogens (tertiary/aromatic N) is 2. The summed E-state index contributed by atoms with van der Waals surface area (Å²) in [6.45, 7) is -0.381. The van der Waals surface area contributed by atoms with Gasteiger partial charge in [0.1, 0.15) is 12.3 Å². The fourth-order valence-corrected chi connectivity index (χ4v) is 2.77. The van der Waals surface area contributed by atoms with E-state index < -0.39 is 23.6 Å². The van der Waals surface area contributed by atoms with Gasteiger partial charge in [0.05, 0.1) is 24.7 Å². The number of aromatic nitrogens is 2. The van der Waals surface area contributed by atoms with Crippen LogP contribution in [0, 0.1) is 0 Å². The van der Waals surface area contributed by atoms with E-state index in [4.69, 9.17) is 9.84 Å². The standard InChI is InChI=1S/C18H16N2O5/c1-25-13-6-4-5-12(9-13)10-19-14-7-2-3-8-15(14)20(11-16(21)22)18(24)17(19)23/h2-9H,10-11H2,1H3,(H,21,22). The maximum Gasteiger partial charge on any atom is 0.323 e. The Morgan fingerprint density at radius 3 is 2.28 bits per heavy atom. The molecule has 25 heavy (non-hydrogen) atoms. The summed E-state index contributed by atoms with van der Waals surface area (Å²) < 4.78 is 7.52. The van der Waals surface area contributed by atoms with Gasteiger partial charge in [-0.05, 0) is 29.8 Å². The molecule has 0 bridgehead atoms. The average Bonchev–Trinajstić information content (AvgIpc) is 2.62. The molecular weight excluding hydrogens is 324 g/mol. The number of benzene rings is 2. The molecule has 0 saturated carbocycles. The number of hydrogen-bond donors (Lipinski definition) is 1. The number of fused-ring (bicyclic) bond motifs is 1. The van der Waals surface area contributed by atoms with Crippen LogP contribution in [0.1, 0.15) is 5.56 Å². The Morgan fingerprint density at radius 1 is 1.00 bits per heavy atom. The highest BCUT2D eigenvalue weighted by molar-refractivity contribution is 5.77. The average molecular weight is 340 g/mol. The number of methoxy groups -OCH3 is 1. The lowest BCUT2D eigenvalue weighted by atomic mass is 10.2. The van der Waals surface area contributed by atoms with Crippen molar-refractivity contribution in [2.45, 2.75) is 13.1 Å². The second-order valence-corrected chi connectivity index (χ2v) is 5.52. The van der Waals surface area contributed by atoms with Crippen molar-refractivity contribution in [3.63, 3.8) is 0 Å². The number of carboxylic acids is 1. The van der Waals surface area contributed by atoms with Crippen molar-refractivity contribution >= 4 is 17.0 Å². The first-order valence-electron chi connectivity index (χ1n) is 7.58. The van der Waals surface area contributed by atoms with Crippen LogP contribution >= 0.6 is 0 Å². The van der Waals surface area contributed by atoms with Crippen LogP contribution in [-0.2, 0) is 17.9 Å². The monoisotopic (exact) mass is 340 g/mol. The van der Waals surface area contributed by atoms with Crippen LogP contribution in [0.3, 0.4) is 0 Å². The van der Waals surface area contributed by atoms with E-state index in [-0.39, 0.29) is 6.54 Å². The molecule has 1 heterocycles. The molecule has 0 fully saturated rings. The molecular formula is C18H16N2O5. The maximum absolute atomic E-state index is 12.5. The molecule has 1 aromatic heterocycles. The molecule has 0 aliphatic heterocycles. The van der Waals surface area contributed by atoms with Gasteiger partial charge in [0.15, 0.2) is 0 Å². The van der Waals surface area contributed by atoms with Crippen molar-refractivity contribution in [1.82, 2.24) is 9.13 Å². The highest BCUT2D eigenvalue weighted by atomic mass is 16.5. The number of rotatable bonds is 5. The van der Waals surface area contributed by atoms with Gasteiger partial charge < -0.3 is 9.84 Å². The van der Waals surface area contributed by atoms with Gasteiger partial charge in [-0.25, -0.2) is 0 Å². The molecule has 3 aromatic rings. The predicted octanol–water partition coefficient (Wildman–Crippen LogP) is 1.30. The van der Waals surface area contributed by atoms with Crippen molar-refractivity contribution < 1.29 is 14.6 Å². The van der Waals surface area contributed by atoms with Gasteiger partial charge in [-0.3, -0.25) is 23.5 Å². The van der Waals surface area contributed by atoms with Crippen LogP contribution in [0.15, 0.2) is 58.1 Å². The zero-order valence-corrected chi connectivity index (χ0v) is 13.5. The summed E-state index contributed by atoms with van der Waals surface area (Å²) in [5.74, 6) is -0.536. The quantitative estimate of drug-likeness (QED) is 0.707. The van der Waals surface area contributed by atoms with Crippen LogP contribution < -0.4 is 15.9 Å². The van der Waals surface area contributed by atoms with Crippen LogP contribution in [-0.4, -0.2) is 27.3 Å². The Hall–Kier alpha value is -3.35. The van der Waals surface area contributed by atoms with Crippen molar-refractivity contribution in [2.24, 2.45) is 0 Å². The van der Waals surface area contributed by atoms with Gasteiger partial charge in [-0.2, -0.15) is 0 Å². The second kappa shape index (κ2) is 6.64. The Balaban J connectivity index is 2.22. The normalized spacial score (nSPS) is 10.8. The second-order valence-electron chi connectivity index (χ2n) is 5.52. The fourth-order valence-electron chi connectivity index (χ4n) is 2.77. The SMILES string of the molecule is COc1cccc(Cn2c(=O)c(=O)n(CC(=O)O)c3ccccc32)c1. The van der Waals surface area contributed by atoms with Crippen molar-refractivity contribution in [3.8, 4) is 5.75 Å². The van der Waals surface area contributed by atoms with Gasteiger partial charge >= 0.3 is 17.1 Å². The van der Waals surface area contributed by atoms with E-state index in [1.165, 1.54) is 4.57 Å². The molecule has 7 heteroatoms. The Morgan fingerprint density at radius 2 is 1.64 bits per heavy atom. The third-order valence-corrected chi connectivity index (χ3v) is 3.90. The van der Waals surface area contributed by atoms with Crippen LogP contribution in [0.25, 0.3) is 11.0 Å². The van der Waals surface area contributed by atoms with E-state index >= 15 is 0 Å². The highest BCUT2D eigenvalue weighted by Gasteiger charge is 2.15. The number of para-hydroxylation sites is 2. The van der Waals surface area contributed by atoms with Gasteiger partial charge in [-0.15, -0.1) is 0 Å². The summed E-state index contributed by atoms with van der Waals surface area (Å²) >= 11 is 0. The molecule has 0 aliphatic carbocycles. The zero-order valence-electron chi connectivity index (χ0n) is 13.5. The fraction of sp³-hybridized carbons (Fsp3) is 0.167. The molecule has 0 unspecified atom stereocenters. The zero-order chi connectivity index (χ0) is 18.0. The Kier molecular flexibility index (Phi) is 4.38. The molecule has 0 atom stereocenters. The van der Waals surface area contributed by atoms with Crippen molar-refractivity contribution in [1.29, 1.82) is 0 Å². The third kappa shape index (κ3) is 3.16. The van der Waals surface area contributed by atoms with Gasteiger partial charge in [-0.1, -0.05) is 24.3 Å². The van der Waals surface area contributed by atoms with Crippen molar-refractivity contribution in [2.75, 3.05) is 7.11 Å². The summed E-state index contributed by atoms with van der Waals surface area (Å²) in [7, 11) is 1.55. The molecule has 0 amide bonds. The molecule has 3 rings (SSSR count). The summed E-state index contributed by atoms with van der Waals surface area (Å²) in [6.07, 6.45) is 0. The first kappa shape index (κ1) is 16.5. The summed E-state index contributed by atoms with van der Waals surface area (Å²) in [5, 5.41) is 9.02. The van der Waals surface area contributed by atoms with E-state index in [0.29, 0.717) is 16.8 Å². The van der Waals surface area contributed by atoms with E-state index in [9.17, 15) is 14.4 Å². The molecule has 7 nitrogen and oxygen atoms in total. The molecule has 0 radical (unpaired) electrons. The number of carboxylic acid groups (broad SMARTS) is 1. The lowest BCUT2D eigenvalue weighted by Crippen LogP contribution is -2.42. The minimum atomic E-state index is -1.18. The molecule has 0 spiro atoms. The van der Waals surface area contributed by atoms with Crippen molar-refractivity contribution in [3.05, 3.63) is 74.8 Å². The topological polar surface area (TPSA) is 90.5 Å². The minimum absolute atomic E-state index is 0.180. The van der Waals surface area contributed by atoms with E-state index in [1.807, 2.05) is 6.07 Å². The lowest BCUT2D eigenvalue weighted by molar-refractivity contribution is -0.137. The molecule has 128 valence electrons. The van der Waals surface area contributed by atoms with E-state index in [2.05, 4.69) is 0 Å². The largest absolute Gasteiger partial charge is 0.497 e. The Labute approximate surface area is 142 Å². The predicted molar refractivity (Wildman–Crippen MR) is 92.2 cm³/mol. The number of aliphatic carboxylic acids is 1. The van der Waals surface area contributed by atoms with E-state index in [0.717, 1.165) is 10.1 Å². The smallest absolute Gasteiger partial charge is 0.323 e. The number of ether oxygens (including phenoxy) is 1. The highest BCUT2D eigenvalue weighted by Crippen LogP contribution is 2.16.